The fraction of sp³-hybridized carbons (Fsp3) is 0.533. The number of aliphatic hydroxyl groups excluding tert-OH is 1. The molecule has 1 aliphatic rings. The summed E-state index contributed by atoms with van der Waals surface area (Å²) in [6.45, 7) is 2.06. The van der Waals surface area contributed by atoms with Gasteiger partial charge in [0, 0.05) is 0 Å². The number of rotatable bonds is 3. The predicted molar refractivity (Wildman–Crippen MR) is 73.1 cm³/mol. The number of likely N-dealkylation sites (N-methyl/N-ethyl adjacent to an activating group) is 1. The zero-order valence-corrected chi connectivity index (χ0v) is 11.6. The molecular formula is C15H21NO3. The molecule has 0 unspecified atom stereocenters. The highest BCUT2D eigenvalue weighted by Gasteiger charge is 2.46. The maximum atomic E-state index is 12.4. The quantitative estimate of drug-likeness (QED) is 0.867. The van der Waals surface area contributed by atoms with Crippen molar-refractivity contribution in [3.8, 4) is 5.75 Å². The molecule has 0 heterocycles. The van der Waals surface area contributed by atoms with E-state index < -0.39 is 11.6 Å². The summed E-state index contributed by atoms with van der Waals surface area (Å²) in [6.07, 6.45) is 0.350. The first-order valence-corrected chi connectivity index (χ1v) is 6.59. The lowest BCUT2D eigenvalue weighted by Crippen LogP contribution is -2.56. The standard InChI is InChI=1S/C15H21NO3/c1-10-8-13(17)14(18)15(9-10,16-2)11-4-6-12(19-3)7-5-11/h4-7,10,13,16-17H,8-9H2,1-3H3/t10-,13+,15+/m1/s1. The molecule has 2 N–H and O–H groups in total. The number of benzene rings is 1. The van der Waals surface area contributed by atoms with E-state index in [9.17, 15) is 9.90 Å². The molecule has 2 rings (SSSR count). The number of hydrogen-bond donors (Lipinski definition) is 2. The number of Topliss-reactive ketones (excluding diaryl/α,β-unsaturated/α-hetero) is 1. The minimum Gasteiger partial charge on any atom is -0.497 e. The summed E-state index contributed by atoms with van der Waals surface area (Å²) < 4.78 is 5.14. The van der Waals surface area contributed by atoms with Crippen LogP contribution in [0.1, 0.15) is 25.3 Å². The first kappa shape index (κ1) is 14.0. The van der Waals surface area contributed by atoms with E-state index in [-0.39, 0.29) is 5.78 Å². The Labute approximate surface area is 113 Å². The van der Waals surface area contributed by atoms with Crippen LogP contribution in [0.25, 0.3) is 0 Å². The van der Waals surface area contributed by atoms with Crippen molar-refractivity contribution >= 4 is 5.78 Å². The van der Waals surface area contributed by atoms with Crippen LogP contribution < -0.4 is 10.1 Å². The molecule has 19 heavy (non-hydrogen) atoms. The van der Waals surface area contributed by atoms with E-state index in [4.69, 9.17) is 4.74 Å². The van der Waals surface area contributed by atoms with Gasteiger partial charge in [-0.1, -0.05) is 19.1 Å². The highest BCUT2D eigenvalue weighted by atomic mass is 16.5. The molecule has 0 spiro atoms. The Balaban J connectivity index is 2.42. The second-order valence-electron chi connectivity index (χ2n) is 5.31. The molecule has 0 radical (unpaired) electrons. The SMILES string of the molecule is CN[C@]1(c2ccc(OC)cc2)C[C@H](C)C[C@H](O)C1=O. The maximum Gasteiger partial charge on any atom is 0.185 e. The van der Waals surface area contributed by atoms with Crippen molar-refractivity contribution in [2.45, 2.75) is 31.4 Å². The van der Waals surface area contributed by atoms with Crippen molar-refractivity contribution in [1.82, 2.24) is 5.32 Å². The van der Waals surface area contributed by atoms with Gasteiger partial charge in [0.25, 0.3) is 0 Å². The van der Waals surface area contributed by atoms with Crippen LogP contribution >= 0.6 is 0 Å². The van der Waals surface area contributed by atoms with Gasteiger partial charge < -0.3 is 15.2 Å². The number of ketones is 1. The number of carbonyl (C=O) groups is 1. The summed E-state index contributed by atoms with van der Waals surface area (Å²) in [5, 5.41) is 13.1. The summed E-state index contributed by atoms with van der Waals surface area (Å²) in [6, 6.07) is 7.46. The minimum absolute atomic E-state index is 0.140. The van der Waals surface area contributed by atoms with Gasteiger partial charge in [0.15, 0.2) is 5.78 Å². The molecule has 104 valence electrons. The maximum absolute atomic E-state index is 12.4. The van der Waals surface area contributed by atoms with Gasteiger partial charge >= 0.3 is 0 Å². The lowest BCUT2D eigenvalue weighted by molar-refractivity contribution is -0.139. The Morgan fingerprint density at radius 3 is 2.53 bits per heavy atom. The molecule has 1 aliphatic carbocycles. The number of carbonyl (C=O) groups excluding carboxylic acids is 1. The minimum atomic E-state index is -0.890. The molecule has 1 fully saturated rings. The Morgan fingerprint density at radius 1 is 1.37 bits per heavy atom. The molecule has 1 saturated carbocycles. The fourth-order valence-corrected chi connectivity index (χ4v) is 2.98. The number of ether oxygens (including phenoxy) is 1. The van der Waals surface area contributed by atoms with Gasteiger partial charge in [0.2, 0.25) is 0 Å². The molecule has 0 aromatic heterocycles. The van der Waals surface area contributed by atoms with Crippen LogP contribution in [0.4, 0.5) is 0 Å². The predicted octanol–water partition coefficient (Wildman–Crippen LogP) is 1.47. The average Bonchev–Trinajstić information content (AvgIpc) is 2.43. The van der Waals surface area contributed by atoms with Crippen molar-refractivity contribution in [2.24, 2.45) is 5.92 Å². The van der Waals surface area contributed by atoms with Crippen molar-refractivity contribution in [3.63, 3.8) is 0 Å². The van der Waals surface area contributed by atoms with E-state index >= 15 is 0 Å². The smallest absolute Gasteiger partial charge is 0.185 e. The Morgan fingerprint density at radius 2 is 2.00 bits per heavy atom. The third-order valence-corrected chi connectivity index (χ3v) is 4.01. The molecule has 0 saturated heterocycles. The number of hydrogen-bond acceptors (Lipinski definition) is 4. The molecule has 3 atom stereocenters. The summed E-state index contributed by atoms with van der Waals surface area (Å²) in [4.78, 5) is 12.4. The Hall–Kier alpha value is -1.39. The highest BCUT2D eigenvalue weighted by molar-refractivity contribution is 5.94. The van der Waals surface area contributed by atoms with Gasteiger partial charge in [-0.2, -0.15) is 0 Å². The molecular weight excluding hydrogens is 242 g/mol. The second kappa shape index (κ2) is 5.31. The molecule has 0 bridgehead atoms. The lowest BCUT2D eigenvalue weighted by Gasteiger charge is -2.41. The van der Waals surface area contributed by atoms with Crippen molar-refractivity contribution in [1.29, 1.82) is 0 Å². The van der Waals surface area contributed by atoms with Crippen LogP contribution in [-0.2, 0) is 10.3 Å². The van der Waals surface area contributed by atoms with E-state index in [1.165, 1.54) is 0 Å². The van der Waals surface area contributed by atoms with Gasteiger partial charge in [-0.3, -0.25) is 4.79 Å². The van der Waals surface area contributed by atoms with Crippen LogP contribution in [0.2, 0.25) is 0 Å². The topological polar surface area (TPSA) is 58.6 Å². The van der Waals surface area contributed by atoms with Gasteiger partial charge in [-0.15, -0.1) is 0 Å². The normalized spacial score (nSPS) is 31.3. The number of aliphatic hydroxyl groups is 1. The third kappa shape index (κ3) is 2.38. The largest absolute Gasteiger partial charge is 0.497 e. The van der Waals surface area contributed by atoms with Crippen LogP contribution in [-0.4, -0.2) is 31.2 Å². The van der Waals surface area contributed by atoms with Crippen LogP contribution in [0.3, 0.4) is 0 Å². The average molecular weight is 263 g/mol. The van der Waals surface area contributed by atoms with E-state index in [1.54, 1.807) is 14.2 Å². The second-order valence-corrected chi connectivity index (χ2v) is 5.31. The molecule has 0 amide bonds. The van der Waals surface area contributed by atoms with Gasteiger partial charge in [-0.05, 0) is 43.5 Å². The van der Waals surface area contributed by atoms with Crippen LogP contribution in [0, 0.1) is 5.92 Å². The highest BCUT2D eigenvalue weighted by Crippen LogP contribution is 2.37. The third-order valence-electron chi connectivity index (χ3n) is 4.01. The van der Waals surface area contributed by atoms with E-state index in [0.717, 1.165) is 11.3 Å². The van der Waals surface area contributed by atoms with Crippen molar-refractivity contribution in [3.05, 3.63) is 29.8 Å². The van der Waals surface area contributed by atoms with E-state index in [1.807, 2.05) is 24.3 Å². The monoisotopic (exact) mass is 263 g/mol. The Bertz CT molecular complexity index is 457. The number of nitrogens with one attached hydrogen (secondary N) is 1. The number of methoxy groups -OCH3 is 1. The van der Waals surface area contributed by atoms with Crippen LogP contribution in [0.15, 0.2) is 24.3 Å². The molecule has 4 heteroatoms. The zero-order chi connectivity index (χ0) is 14.0. The molecule has 1 aromatic carbocycles. The van der Waals surface area contributed by atoms with Gasteiger partial charge in [0.1, 0.15) is 17.4 Å². The van der Waals surface area contributed by atoms with Crippen LogP contribution in [0.5, 0.6) is 5.75 Å². The molecule has 1 aromatic rings. The summed E-state index contributed by atoms with van der Waals surface area (Å²) >= 11 is 0. The Kier molecular flexibility index (Phi) is 3.92. The van der Waals surface area contributed by atoms with E-state index in [0.29, 0.717) is 18.8 Å². The van der Waals surface area contributed by atoms with Gasteiger partial charge in [0.05, 0.1) is 7.11 Å². The fourth-order valence-electron chi connectivity index (χ4n) is 2.98. The van der Waals surface area contributed by atoms with Gasteiger partial charge in [-0.25, -0.2) is 0 Å². The first-order chi connectivity index (χ1) is 9.03. The van der Waals surface area contributed by atoms with Crippen molar-refractivity contribution in [2.75, 3.05) is 14.2 Å². The summed E-state index contributed by atoms with van der Waals surface area (Å²) in [5.74, 6) is 0.910. The van der Waals surface area contributed by atoms with Crippen molar-refractivity contribution < 1.29 is 14.6 Å². The van der Waals surface area contributed by atoms with E-state index in [2.05, 4.69) is 12.2 Å². The summed E-state index contributed by atoms with van der Waals surface area (Å²) in [5.41, 5.74) is 0.0926. The zero-order valence-electron chi connectivity index (χ0n) is 11.6. The molecule has 4 nitrogen and oxygen atoms in total. The first-order valence-electron chi connectivity index (χ1n) is 6.59. The summed E-state index contributed by atoms with van der Waals surface area (Å²) in [7, 11) is 3.38. The lowest BCUT2D eigenvalue weighted by atomic mass is 9.70. The molecule has 0 aliphatic heterocycles.